The van der Waals surface area contributed by atoms with Crippen molar-refractivity contribution in [3.63, 3.8) is 0 Å². The number of fused-ring (bicyclic) bond motifs is 1. The van der Waals surface area contributed by atoms with E-state index in [2.05, 4.69) is 15.3 Å². The van der Waals surface area contributed by atoms with E-state index in [1.807, 2.05) is 0 Å². The van der Waals surface area contributed by atoms with Crippen molar-refractivity contribution in [3.05, 3.63) is 72.0 Å². The van der Waals surface area contributed by atoms with Crippen LogP contribution in [-0.4, -0.2) is 26.2 Å². The van der Waals surface area contributed by atoms with E-state index >= 15 is 0 Å². The van der Waals surface area contributed by atoms with Gasteiger partial charge in [0.25, 0.3) is 0 Å². The van der Waals surface area contributed by atoms with Gasteiger partial charge < -0.3 is 19.9 Å². The fourth-order valence-electron chi connectivity index (χ4n) is 2.93. The molecule has 2 aromatic heterocycles. The molecule has 0 radical (unpaired) electrons. The fraction of sp³-hybridized carbons (Fsp3) is 0.0500. The Labute approximate surface area is 158 Å². The van der Waals surface area contributed by atoms with Crippen molar-refractivity contribution in [1.29, 1.82) is 0 Å². The lowest BCUT2D eigenvalue weighted by molar-refractivity contribution is 0.0698. The van der Waals surface area contributed by atoms with E-state index in [4.69, 9.17) is 4.42 Å². The first-order valence-electron chi connectivity index (χ1n) is 8.29. The van der Waals surface area contributed by atoms with Gasteiger partial charge in [0.2, 0.25) is 5.89 Å². The molecule has 4 aromatic rings. The number of pyridine rings is 1. The second kappa shape index (κ2) is 7.09. The van der Waals surface area contributed by atoms with Crippen molar-refractivity contribution in [1.82, 2.24) is 9.97 Å². The van der Waals surface area contributed by atoms with Gasteiger partial charge in [-0.05, 0) is 35.9 Å². The van der Waals surface area contributed by atoms with Crippen molar-refractivity contribution in [3.8, 4) is 11.5 Å². The standard InChI is InChI=1S/C20H14FN3O4/c21-12-2-4-16-13(8-12)18(15(9-23-16)19-22-5-6-28-19)24-17-3-1-11(10-25)7-14(17)20(26)27/h1-9,25H,10H2,(H,23,24)(H,26,27). The first kappa shape index (κ1) is 17.6. The molecule has 7 nitrogen and oxygen atoms in total. The minimum atomic E-state index is -1.17. The van der Waals surface area contributed by atoms with Crippen molar-refractivity contribution in [2.45, 2.75) is 6.61 Å². The number of nitrogens with zero attached hydrogens (tertiary/aromatic N) is 2. The van der Waals surface area contributed by atoms with Crippen LogP contribution in [0.4, 0.5) is 15.8 Å². The number of oxazole rings is 1. The lowest BCUT2D eigenvalue weighted by Gasteiger charge is -2.15. The van der Waals surface area contributed by atoms with Crippen LogP contribution >= 0.6 is 0 Å². The average Bonchev–Trinajstić information content (AvgIpc) is 3.23. The van der Waals surface area contributed by atoms with Crippen LogP contribution in [0.15, 0.2) is 59.5 Å². The summed E-state index contributed by atoms with van der Waals surface area (Å²) in [5, 5.41) is 22.3. The van der Waals surface area contributed by atoms with Crippen molar-refractivity contribution < 1.29 is 23.8 Å². The lowest BCUT2D eigenvalue weighted by atomic mass is 10.1. The maximum absolute atomic E-state index is 13.9. The summed E-state index contributed by atoms with van der Waals surface area (Å²) in [4.78, 5) is 20.1. The zero-order valence-corrected chi connectivity index (χ0v) is 14.4. The first-order valence-corrected chi connectivity index (χ1v) is 8.29. The molecule has 0 saturated carbocycles. The predicted molar refractivity (Wildman–Crippen MR) is 99.8 cm³/mol. The highest BCUT2D eigenvalue weighted by Crippen LogP contribution is 2.36. The Kier molecular flexibility index (Phi) is 4.46. The SMILES string of the molecule is O=C(O)c1cc(CO)ccc1Nc1c(-c2ncco2)cnc2ccc(F)cc12. The number of anilines is 2. The van der Waals surface area contributed by atoms with Crippen molar-refractivity contribution >= 4 is 28.2 Å². The van der Waals surface area contributed by atoms with Crippen LogP contribution in [0.2, 0.25) is 0 Å². The normalized spacial score (nSPS) is 10.9. The Morgan fingerprint density at radius 2 is 2.04 bits per heavy atom. The Hall–Kier alpha value is -3.78. The van der Waals surface area contributed by atoms with E-state index in [9.17, 15) is 19.4 Å². The summed E-state index contributed by atoms with van der Waals surface area (Å²) in [7, 11) is 0. The molecule has 0 unspecified atom stereocenters. The molecule has 0 aliphatic heterocycles. The van der Waals surface area contributed by atoms with Gasteiger partial charge in [-0.1, -0.05) is 6.07 Å². The highest BCUT2D eigenvalue weighted by molar-refractivity contribution is 6.02. The number of carbonyl (C=O) groups is 1. The molecule has 8 heteroatoms. The Morgan fingerprint density at radius 3 is 2.75 bits per heavy atom. The van der Waals surface area contributed by atoms with E-state index in [0.29, 0.717) is 27.7 Å². The van der Waals surface area contributed by atoms with Gasteiger partial charge >= 0.3 is 5.97 Å². The number of aromatic nitrogens is 2. The molecule has 3 N–H and O–H groups in total. The molecule has 28 heavy (non-hydrogen) atoms. The predicted octanol–water partition coefficient (Wildman–Crippen LogP) is 3.96. The molecular formula is C20H14FN3O4. The van der Waals surface area contributed by atoms with Gasteiger partial charge in [-0.25, -0.2) is 14.2 Å². The minimum Gasteiger partial charge on any atom is -0.478 e. The molecule has 0 spiro atoms. The third-order valence-corrected chi connectivity index (χ3v) is 4.25. The summed E-state index contributed by atoms with van der Waals surface area (Å²) in [6.07, 6.45) is 4.39. The number of carboxylic acids is 1. The van der Waals surface area contributed by atoms with Crippen LogP contribution in [0, 0.1) is 5.82 Å². The maximum atomic E-state index is 13.9. The van der Waals surface area contributed by atoms with E-state index < -0.39 is 11.8 Å². The fourth-order valence-corrected chi connectivity index (χ4v) is 2.93. The highest BCUT2D eigenvalue weighted by Gasteiger charge is 2.18. The van der Waals surface area contributed by atoms with Crippen LogP contribution in [0.3, 0.4) is 0 Å². The molecule has 0 atom stereocenters. The van der Waals surface area contributed by atoms with Crippen molar-refractivity contribution in [2.24, 2.45) is 0 Å². The number of carboxylic acid groups (broad SMARTS) is 1. The van der Waals surface area contributed by atoms with Gasteiger partial charge in [-0.15, -0.1) is 0 Å². The monoisotopic (exact) mass is 379 g/mol. The van der Waals surface area contributed by atoms with Crippen LogP contribution in [0.1, 0.15) is 15.9 Å². The lowest BCUT2D eigenvalue weighted by Crippen LogP contribution is -2.05. The zero-order valence-electron chi connectivity index (χ0n) is 14.4. The second-order valence-electron chi connectivity index (χ2n) is 6.01. The number of hydrogen-bond acceptors (Lipinski definition) is 6. The minimum absolute atomic E-state index is 0.0359. The quantitative estimate of drug-likeness (QED) is 0.481. The molecule has 140 valence electrons. The van der Waals surface area contributed by atoms with Gasteiger partial charge in [0, 0.05) is 11.6 Å². The van der Waals surface area contributed by atoms with E-state index in [-0.39, 0.29) is 23.7 Å². The number of aromatic carboxylic acids is 1. The average molecular weight is 379 g/mol. The largest absolute Gasteiger partial charge is 0.478 e. The maximum Gasteiger partial charge on any atom is 0.337 e. The molecule has 2 aromatic carbocycles. The third-order valence-electron chi connectivity index (χ3n) is 4.25. The van der Waals surface area contributed by atoms with E-state index in [1.54, 1.807) is 12.1 Å². The summed E-state index contributed by atoms with van der Waals surface area (Å²) in [5.74, 6) is -1.37. The number of benzene rings is 2. The van der Waals surface area contributed by atoms with Crippen LogP contribution < -0.4 is 5.32 Å². The smallest absolute Gasteiger partial charge is 0.337 e. The zero-order chi connectivity index (χ0) is 19.7. The molecule has 0 aliphatic rings. The summed E-state index contributed by atoms with van der Waals surface area (Å²) in [6.45, 7) is -0.286. The van der Waals surface area contributed by atoms with E-state index in [1.165, 1.54) is 42.9 Å². The van der Waals surface area contributed by atoms with Gasteiger partial charge in [-0.3, -0.25) is 4.98 Å². The van der Waals surface area contributed by atoms with Gasteiger partial charge in [-0.2, -0.15) is 0 Å². The van der Waals surface area contributed by atoms with E-state index in [0.717, 1.165) is 0 Å². The molecule has 0 bridgehead atoms. The number of aliphatic hydroxyl groups excluding tert-OH is 1. The molecule has 0 saturated heterocycles. The third kappa shape index (κ3) is 3.17. The van der Waals surface area contributed by atoms with Gasteiger partial charge in [0.1, 0.15) is 12.1 Å². The molecule has 0 fully saturated rings. The molecular weight excluding hydrogens is 365 g/mol. The summed E-state index contributed by atoms with van der Waals surface area (Å²) >= 11 is 0. The number of nitrogens with one attached hydrogen (secondary N) is 1. The second-order valence-corrected chi connectivity index (χ2v) is 6.01. The molecule has 0 aliphatic carbocycles. The molecule has 2 heterocycles. The molecule has 4 rings (SSSR count). The Bertz CT molecular complexity index is 1180. The van der Waals surface area contributed by atoms with Crippen LogP contribution in [0.25, 0.3) is 22.4 Å². The Balaban J connectivity index is 1.94. The summed E-state index contributed by atoms with van der Waals surface area (Å²) in [5.41, 5.74) is 2.07. The number of halogens is 1. The number of hydrogen-bond donors (Lipinski definition) is 3. The topological polar surface area (TPSA) is 108 Å². The number of rotatable bonds is 5. The highest BCUT2D eigenvalue weighted by atomic mass is 19.1. The molecule has 0 amide bonds. The Morgan fingerprint density at radius 1 is 1.18 bits per heavy atom. The van der Waals surface area contributed by atoms with Crippen LogP contribution in [-0.2, 0) is 6.61 Å². The van der Waals surface area contributed by atoms with Crippen molar-refractivity contribution in [2.75, 3.05) is 5.32 Å². The first-order chi connectivity index (χ1) is 13.6. The van der Waals surface area contributed by atoms with Crippen LogP contribution in [0.5, 0.6) is 0 Å². The van der Waals surface area contributed by atoms with Gasteiger partial charge in [0.15, 0.2) is 0 Å². The number of aliphatic hydroxyl groups is 1. The summed E-state index contributed by atoms with van der Waals surface area (Å²) < 4.78 is 19.3. The summed E-state index contributed by atoms with van der Waals surface area (Å²) in [6, 6.07) is 8.65. The van der Waals surface area contributed by atoms with Gasteiger partial charge in [0.05, 0.1) is 40.8 Å².